The first-order valence-electron chi connectivity index (χ1n) is 16.3. The van der Waals surface area contributed by atoms with Crippen LogP contribution in [0.1, 0.15) is 34.0 Å². The fraction of sp³-hybridized carbons (Fsp3) is 0.125. The average Bonchev–Trinajstić information content (AvgIpc) is 3.92. The van der Waals surface area contributed by atoms with E-state index in [1.807, 2.05) is 118 Å². The first-order valence-corrected chi connectivity index (χ1v) is 16.3. The standard InChI is InChI=1S/C32H16N8.C5H5N3.C2H6.CH4.Cu.2Y/c1-2-10-18-17(9-1)25-33-26(18)38-28-21-13-5-6-14-22(21)30(35-28)40-32-24-16-8-7-15-23(24)31(36-32)39-29-20-12-4-3-11-19(20)27(34-29)37-25;1-2-5-7-3-6-4-8-5;1-2;;;;/h1-16H;2H2,1H3;1-2H3;1H4;;;/q2*-2;;;+2;;. The molecule has 0 atom stereocenters. The number of benzene rings is 4. The van der Waals surface area contributed by atoms with Crippen LogP contribution in [0.15, 0.2) is 97.1 Å². The Kier molecular flexibility index (Phi) is 15.0. The van der Waals surface area contributed by atoms with Crippen LogP contribution in [0.2, 0.25) is 0 Å². The molecule has 14 heteroatoms. The molecule has 54 heavy (non-hydrogen) atoms. The van der Waals surface area contributed by atoms with Crippen molar-refractivity contribution >= 4 is 44.1 Å². The second kappa shape index (κ2) is 19.0. The Morgan fingerprint density at radius 3 is 1.00 bits per heavy atom. The summed E-state index contributed by atoms with van der Waals surface area (Å²) in [6.45, 7) is 5.97. The van der Waals surface area contributed by atoms with Crippen LogP contribution in [0, 0.1) is 12.7 Å². The van der Waals surface area contributed by atoms with Gasteiger partial charge in [0.15, 0.2) is 0 Å². The minimum Gasteiger partial charge on any atom is -0.505 e. The molecule has 6 heterocycles. The summed E-state index contributed by atoms with van der Waals surface area (Å²) >= 11 is 0. The third-order valence-corrected chi connectivity index (χ3v) is 8.10. The first kappa shape index (κ1) is 42.7. The Labute approximate surface area is 373 Å². The molecule has 0 saturated carbocycles. The molecule has 4 aromatic carbocycles. The third kappa shape index (κ3) is 8.15. The maximum atomic E-state index is 4.95. The Morgan fingerprint density at radius 2 is 0.741 bits per heavy atom. The summed E-state index contributed by atoms with van der Waals surface area (Å²) in [6, 6.07) is 31.8. The minimum atomic E-state index is 0. The Balaban J connectivity index is 0.000000413. The summed E-state index contributed by atoms with van der Waals surface area (Å²) in [5, 5.41) is 3.57. The van der Waals surface area contributed by atoms with Crippen LogP contribution >= 0.6 is 0 Å². The summed E-state index contributed by atoms with van der Waals surface area (Å²) in [6.07, 6.45) is 5.60. The zero-order chi connectivity index (χ0) is 34.0. The van der Waals surface area contributed by atoms with Crippen LogP contribution in [0.25, 0.3) is 89.7 Å². The minimum absolute atomic E-state index is 0. The third-order valence-electron chi connectivity index (χ3n) is 8.10. The zero-order valence-corrected chi connectivity index (χ0v) is 35.4. The molecule has 8 bridgehead atoms. The molecule has 0 aliphatic carbocycles. The normalized spacial score (nSPS) is 10.4. The van der Waals surface area contributed by atoms with E-state index in [0.29, 0.717) is 45.9 Å². The van der Waals surface area contributed by atoms with Gasteiger partial charge in [0.05, 0.1) is 23.3 Å². The van der Waals surface area contributed by atoms with Crippen molar-refractivity contribution in [1.29, 1.82) is 0 Å². The maximum Gasteiger partial charge on any atom is 2.00 e. The molecule has 2 aliphatic heterocycles. The van der Waals surface area contributed by atoms with E-state index in [1.54, 1.807) is 0 Å². The van der Waals surface area contributed by atoms with Gasteiger partial charge < -0.3 is 44.9 Å². The smallest absolute Gasteiger partial charge is 0.505 e. The molecule has 0 amide bonds. The summed E-state index contributed by atoms with van der Waals surface area (Å²) in [5.41, 5.74) is 5.78. The zero-order valence-electron chi connectivity index (χ0n) is 28.8. The van der Waals surface area contributed by atoms with Crippen molar-refractivity contribution in [3.63, 3.8) is 0 Å². The molecule has 8 aromatic rings. The van der Waals surface area contributed by atoms with Gasteiger partial charge in [-0.05, 0) is 21.5 Å². The van der Waals surface area contributed by atoms with Crippen LogP contribution < -0.4 is 9.97 Å². The number of aryl methyl sites for hydroxylation is 1. The molecular formula is C40H31CuN11Y2-2. The molecule has 0 unspecified atom stereocenters. The van der Waals surface area contributed by atoms with E-state index in [-0.39, 0.29) is 89.9 Å². The summed E-state index contributed by atoms with van der Waals surface area (Å²) in [4.78, 5) is 50.1. The van der Waals surface area contributed by atoms with Gasteiger partial charge in [0.2, 0.25) is 0 Å². The topological polar surface area (TPSA) is 144 Å². The van der Waals surface area contributed by atoms with Gasteiger partial charge in [0.25, 0.3) is 0 Å². The van der Waals surface area contributed by atoms with E-state index in [4.69, 9.17) is 39.9 Å². The van der Waals surface area contributed by atoms with Crippen LogP contribution in [0.3, 0.4) is 0 Å². The molecule has 11 nitrogen and oxygen atoms in total. The number of fused-ring (bicyclic) bond motifs is 20. The number of hydrogen-bond donors (Lipinski definition) is 0. The van der Waals surface area contributed by atoms with E-state index < -0.39 is 0 Å². The van der Waals surface area contributed by atoms with Crippen molar-refractivity contribution in [1.82, 2.24) is 54.8 Å². The van der Waals surface area contributed by atoms with Gasteiger partial charge in [0.1, 0.15) is 0 Å². The van der Waals surface area contributed by atoms with Crippen LogP contribution in [-0.2, 0) is 88.9 Å². The van der Waals surface area contributed by atoms with E-state index in [2.05, 4.69) is 27.6 Å². The molecule has 0 saturated heterocycles. The summed E-state index contributed by atoms with van der Waals surface area (Å²) in [7, 11) is 0. The van der Waals surface area contributed by atoms with Gasteiger partial charge in [-0.1, -0.05) is 132 Å². The fourth-order valence-electron chi connectivity index (χ4n) is 5.83. The van der Waals surface area contributed by atoms with Gasteiger partial charge in [-0.3, -0.25) is 0 Å². The van der Waals surface area contributed by atoms with E-state index in [1.165, 1.54) is 0 Å². The van der Waals surface area contributed by atoms with Crippen LogP contribution in [-0.4, -0.2) is 44.9 Å². The maximum absolute atomic E-state index is 4.95. The van der Waals surface area contributed by atoms with Crippen molar-refractivity contribution in [2.75, 3.05) is 0 Å². The molecule has 2 aliphatic rings. The van der Waals surface area contributed by atoms with E-state index >= 15 is 0 Å². The van der Waals surface area contributed by atoms with E-state index in [0.717, 1.165) is 56.0 Å². The van der Waals surface area contributed by atoms with Crippen molar-refractivity contribution in [3.8, 4) is 45.6 Å². The monoisotopic (exact) mass is 906 g/mol. The predicted octanol–water partition coefficient (Wildman–Crippen LogP) is 7.82. The molecular weight excluding hydrogens is 876 g/mol. The van der Waals surface area contributed by atoms with Crippen molar-refractivity contribution in [2.24, 2.45) is 0 Å². The van der Waals surface area contributed by atoms with Crippen LogP contribution in [0.5, 0.6) is 0 Å². The van der Waals surface area contributed by atoms with Crippen molar-refractivity contribution in [2.45, 2.75) is 34.6 Å². The molecule has 4 aromatic heterocycles. The predicted molar refractivity (Wildman–Crippen MR) is 199 cm³/mol. The average molecular weight is 907 g/mol. The summed E-state index contributed by atoms with van der Waals surface area (Å²) < 4.78 is 0. The quantitative estimate of drug-likeness (QED) is 0.118. The van der Waals surface area contributed by atoms with Gasteiger partial charge in [-0.25, -0.2) is 9.97 Å². The Morgan fingerprint density at radius 1 is 0.463 bits per heavy atom. The van der Waals surface area contributed by atoms with Gasteiger partial charge in [-0.15, -0.1) is 5.82 Å². The second-order valence-corrected chi connectivity index (χ2v) is 11.0. The fourth-order valence-corrected chi connectivity index (χ4v) is 5.83. The van der Waals surface area contributed by atoms with Crippen molar-refractivity contribution < 1.29 is 82.5 Å². The largest absolute Gasteiger partial charge is 2.00 e. The van der Waals surface area contributed by atoms with E-state index in [9.17, 15) is 0 Å². The van der Waals surface area contributed by atoms with Gasteiger partial charge in [-0.2, -0.15) is 12.7 Å². The Bertz CT molecular complexity index is 2380. The Hall–Kier alpha value is -4.02. The van der Waals surface area contributed by atoms with Gasteiger partial charge >= 0.3 is 17.1 Å². The SMILES string of the molecule is C.CC.CCc1n[c-]n[c-]n1.[Cu+2].[Y].[Y].c1ccc2c(c1)-c1nc-2nc2[n-]c(nc3nc(nc4[n-]c(n1)c1ccccc41)-c1ccccc1-3)c1ccccc21. The first-order chi connectivity index (χ1) is 24.7. The number of nitrogens with zero attached hydrogens (tertiary/aromatic N) is 11. The molecule has 0 N–H and O–H groups in total. The number of hydrogen-bond acceptors (Lipinski definition) is 9. The van der Waals surface area contributed by atoms with Crippen LogP contribution in [0.4, 0.5) is 0 Å². The van der Waals surface area contributed by atoms with Gasteiger partial charge in [0, 0.05) is 110 Å². The molecule has 3 radical (unpaired) electrons. The molecule has 10 rings (SSSR count). The number of aromatic nitrogens is 11. The molecule has 265 valence electrons. The molecule has 0 spiro atoms. The van der Waals surface area contributed by atoms with Crippen molar-refractivity contribution in [3.05, 3.63) is 116 Å². The number of rotatable bonds is 1. The summed E-state index contributed by atoms with van der Waals surface area (Å²) in [5.74, 6) is 2.94. The second-order valence-electron chi connectivity index (χ2n) is 11.0. The molecule has 0 fully saturated rings.